The lowest BCUT2D eigenvalue weighted by Crippen LogP contribution is -2.14. The van der Waals surface area contributed by atoms with Gasteiger partial charge in [0.05, 0.1) is 22.8 Å². The van der Waals surface area contributed by atoms with Gasteiger partial charge < -0.3 is 5.32 Å². The number of aryl methyl sites for hydroxylation is 2. The average molecular weight is 422 g/mol. The topological polar surface area (TPSA) is 54.9 Å². The summed E-state index contributed by atoms with van der Waals surface area (Å²) in [6.07, 6.45) is 1.16. The lowest BCUT2D eigenvalue weighted by molar-refractivity contribution is -0.115. The molecule has 1 N–H and O–H groups in total. The summed E-state index contributed by atoms with van der Waals surface area (Å²) in [5.41, 5.74) is 2.80. The molecule has 0 spiro atoms. The van der Waals surface area contributed by atoms with E-state index in [9.17, 15) is 4.79 Å². The van der Waals surface area contributed by atoms with E-state index in [4.69, 9.17) is 0 Å². The minimum atomic E-state index is -0.0842. The number of anilines is 1. The van der Waals surface area contributed by atoms with Crippen LogP contribution in [0, 0.1) is 6.92 Å². The third-order valence-electron chi connectivity index (χ3n) is 3.39. The first-order valence-electron chi connectivity index (χ1n) is 7.51. The molecule has 3 rings (SSSR count). The molecule has 124 valence electrons. The summed E-state index contributed by atoms with van der Waals surface area (Å²) in [5, 5.41) is 6.43. The number of thiazole rings is 2. The molecule has 2 heterocycles. The maximum atomic E-state index is 12.2. The number of hydrogen-bond acceptors (Lipinski definition) is 5. The highest BCUT2D eigenvalue weighted by atomic mass is 79.9. The predicted molar refractivity (Wildman–Crippen MR) is 104 cm³/mol. The van der Waals surface area contributed by atoms with Gasteiger partial charge in [0.15, 0.2) is 5.13 Å². The summed E-state index contributed by atoms with van der Waals surface area (Å²) >= 11 is 6.53. The quantitative estimate of drug-likeness (QED) is 0.624. The fraction of sp³-hybridized carbons (Fsp3) is 0.235. The Morgan fingerprint density at radius 1 is 1.25 bits per heavy atom. The first-order valence-corrected chi connectivity index (χ1v) is 10.0. The van der Waals surface area contributed by atoms with E-state index in [0.717, 1.165) is 37.7 Å². The standard InChI is InChI=1S/C17H16BrN3OS2/c1-3-14-16(11-4-6-12(18)7-5-11)21-17(24-14)20-15(22)8-13-9-23-10(2)19-13/h4-7,9H,3,8H2,1-2H3,(H,20,21,22). The summed E-state index contributed by atoms with van der Waals surface area (Å²) in [6, 6.07) is 8.05. The van der Waals surface area contributed by atoms with Crippen LogP contribution in [0.25, 0.3) is 11.3 Å². The average Bonchev–Trinajstić information content (AvgIpc) is 3.14. The van der Waals surface area contributed by atoms with Crippen molar-refractivity contribution in [2.45, 2.75) is 26.7 Å². The van der Waals surface area contributed by atoms with E-state index in [1.165, 1.54) is 11.3 Å². The van der Waals surface area contributed by atoms with E-state index in [1.54, 1.807) is 11.3 Å². The largest absolute Gasteiger partial charge is 0.302 e. The maximum Gasteiger partial charge on any atom is 0.232 e. The van der Waals surface area contributed by atoms with E-state index in [1.807, 2.05) is 36.6 Å². The normalized spacial score (nSPS) is 10.8. The molecule has 2 aromatic heterocycles. The first-order chi connectivity index (χ1) is 11.5. The number of nitrogens with zero attached hydrogens (tertiary/aromatic N) is 2. The van der Waals surface area contributed by atoms with Crippen LogP contribution in [0.3, 0.4) is 0 Å². The minimum Gasteiger partial charge on any atom is -0.302 e. The highest BCUT2D eigenvalue weighted by Crippen LogP contribution is 2.32. The highest BCUT2D eigenvalue weighted by Gasteiger charge is 2.14. The van der Waals surface area contributed by atoms with Crippen molar-refractivity contribution in [3.8, 4) is 11.3 Å². The van der Waals surface area contributed by atoms with Crippen molar-refractivity contribution < 1.29 is 4.79 Å². The predicted octanol–water partition coefficient (Wildman–Crippen LogP) is 5.08. The highest BCUT2D eigenvalue weighted by molar-refractivity contribution is 9.10. The molecule has 3 aromatic rings. The Morgan fingerprint density at radius 3 is 2.62 bits per heavy atom. The molecular formula is C17H16BrN3OS2. The van der Waals surface area contributed by atoms with Gasteiger partial charge in [0.1, 0.15) is 0 Å². The van der Waals surface area contributed by atoms with Gasteiger partial charge in [-0.3, -0.25) is 4.79 Å². The van der Waals surface area contributed by atoms with Crippen LogP contribution >= 0.6 is 38.6 Å². The van der Waals surface area contributed by atoms with E-state index < -0.39 is 0 Å². The maximum absolute atomic E-state index is 12.2. The van der Waals surface area contributed by atoms with Gasteiger partial charge in [-0.2, -0.15) is 0 Å². The van der Waals surface area contributed by atoms with Crippen LogP contribution in [0.2, 0.25) is 0 Å². The number of carbonyl (C=O) groups is 1. The molecule has 0 fully saturated rings. The lowest BCUT2D eigenvalue weighted by atomic mass is 10.1. The molecule has 4 nitrogen and oxygen atoms in total. The smallest absolute Gasteiger partial charge is 0.232 e. The van der Waals surface area contributed by atoms with Gasteiger partial charge in [0.25, 0.3) is 0 Å². The Balaban J connectivity index is 1.77. The van der Waals surface area contributed by atoms with Gasteiger partial charge in [0.2, 0.25) is 5.91 Å². The van der Waals surface area contributed by atoms with Gasteiger partial charge in [-0.1, -0.05) is 35.0 Å². The second kappa shape index (κ2) is 7.55. The van der Waals surface area contributed by atoms with Gasteiger partial charge in [-0.05, 0) is 25.5 Å². The molecule has 7 heteroatoms. The van der Waals surface area contributed by atoms with Crippen molar-refractivity contribution in [1.29, 1.82) is 0 Å². The molecule has 0 aliphatic carbocycles. The number of halogens is 1. The monoisotopic (exact) mass is 421 g/mol. The van der Waals surface area contributed by atoms with Crippen molar-refractivity contribution in [3.63, 3.8) is 0 Å². The third kappa shape index (κ3) is 4.09. The summed E-state index contributed by atoms with van der Waals surface area (Å²) in [4.78, 5) is 22.3. The van der Waals surface area contributed by atoms with E-state index in [2.05, 4.69) is 38.1 Å². The Labute approximate surface area is 157 Å². The van der Waals surface area contributed by atoms with Crippen molar-refractivity contribution in [2.75, 3.05) is 5.32 Å². The summed E-state index contributed by atoms with van der Waals surface area (Å²) in [5.74, 6) is -0.0842. The van der Waals surface area contributed by atoms with Crippen LogP contribution in [0.5, 0.6) is 0 Å². The van der Waals surface area contributed by atoms with Crippen LogP contribution in [0.15, 0.2) is 34.1 Å². The molecule has 0 bridgehead atoms. The Bertz CT molecular complexity index is 855. The fourth-order valence-corrected chi connectivity index (χ4v) is 4.11. The molecule has 0 radical (unpaired) electrons. The number of nitrogens with one attached hydrogen (secondary N) is 1. The van der Waals surface area contributed by atoms with Crippen LogP contribution in [0.1, 0.15) is 22.5 Å². The van der Waals surface area contributed by atoms with Crippen molar-refractivity contribution in [3.05, 3.63) is 49.7 Å². The Hall–Kier alpha value is -1.57. The molecule has 0 saturated heterocycles. The lowest BCUT2D eigenvalue weighted by Gasteiger charge is -2.00. The van der Waals surface area contributed by atoms with E-state index in [0.29, 0.717) is 5.13 Å². The molecule has 1 aromatic carbocycles. The van der Waals surface area contributed by atoms with Gasteiger partial charge in [-0.25, -0.2) is 9.97 Å². The molecule has 24 heavy (non-hydrogen) atoms. The fourth-order valence-electron chi connectivity index (χ4n) is 2.30. The molecule has 0 aliphatic rings. The molecular weight excluding hydrogens is 406 g/mol. The zero-order chi connectivity index (χ0) is 17.1. The summed E-state index contributed by atoms with van der Waals surface area (Å²) in [6.45, 7) is 4.03. The third-order valence-corrected chi connectivity index (χ3v) is 5.86. The van der Waals surface area contributed by atoms with Crippen molar-refractivity contribution in [2.24, 2.45) is 0 Å². The van der Waals surface area contributed by atoms with Crippen LogP contribution in [-0.2, 0) is 17.6 Å². The number of hydrogen-bond donors (Lipinski definition) is 1. The van der Waals surface area contributed by atoms with E-state index in [-0.39, 0.29) is 12.3 Å². The SMILES string of the molecule is CCc1sc(NC(=O)Cc2csc(C)n2)nc1-c1ccc(Br)cc1. The molecule has 0 atom stereocenters. The summed E-state index contributed by atoms with van der Waals surface area (Å²) < 4.78 is 1.03. The van der Waals surface area contributed by atoms with E-state index >= 15 is 0 Å². The number of amides is 1. The number of aromatic nitrogens is 2. The Morgan fingerprint density at radius 2 is 2.00 bits per heavy atom. The van der Waals surface area contributed by atoms with Gasteiger partial charge >= 0.3 is 0 Å². The minimum absolute atomic E-state index is 0.0842. The van der Waals surface area contributed by atoms with Crippen molar-refractivity contribution in [1.82, 2.24) is 9.97 Å². The van der Waals surface area contributed by atoms with Crippen molar-refractivity contribution >= 4 is 49.6 Å². The second-order valence-corrected chi connectivity index (χ2v) is 8.30. The zero-order valence-electron chi connectivity index (χ0n) is 13.3. The number of carbonyl (C=O) groups excluding carboxylic acids is 1. The number of benzene rings is 1. The molecule has 0 saturated carbocycles. The second-order valence-electron chi connectivity index (χ2n) is 5.23. The molecule has 0 aliphatic heterocycles. The first kappa shape index (κ1) is 17.3. The molecule has 1 amide bonds. The van der Waals surface area contributed by atoms with Crippen LogP contribution in [0.4, 0.5) is 5.13 Å². The van der Waals surface area contributed by atoms with Gasteiger partial charge in [-0.15, -0.1) is 22.7 Å². The Kier molecular flexibility index (Phi) is 5.43. The zero-order valence-corrected chi connectivity index (χ0v) is 16.5. The van der Waals surface area contributed by atoms with Crippen LogP contribution in [-0.4, -0.2) is 15.9 Å². The summed E-state index contributed by atoms with van der Waals surface area (Å²) in [7, 11) is 0. The molecule has 0 unspecified atom stereocenters. The van der Waals surface area contributed by atoms with Gasteiger partial charge in [0, 0.05) is 20.3 Å². The number of rotatable bonds is 5. The van der Waals surface area contributed by atoms with Crippen LogP contribution < -0.4 is 5.32 Å².